The number of carbonyl (C=O) groups excluding carboxylic acids is 4. The minimum absolute atomic E-state index is 0.109. The van der Waals surface area contributed by atoms with E-state index in [0.717, 1.165) is 23.6 Å². The largest absolute Gasteiger partial charge is 0.385 e. The third-order valence-electron chi connectivity index (χ3n) is 4.99. The highest BCUT2D eigenvalue weighted by Gasteiger charge is 2.44. The van der Waals surface area contributed by atoms with E-state index in [2.05, 4.69) is 10.6 Å². The number of piperidine rings is 1. The Morgan fingerprint density at radius 2 is 1.88 bits per heavy atom. The summed E-state index contributed by atoms with van der Waals surface area (Å²) in [5, 5.41) is 5.41. The van der Waals surface area contributed by atoms with Crippen molar-refractivity contribution >= 4 is 29.3 Å². The molecule has 4 rings (SSSR count). The summed E-state index contributed by atoms with van der Waals surface area (Å²) in [4.78, 5) is 49.5. The molecular weight excluding hydrogens is 324 g/mol. The van der Waals surface area contributed by atoms with Crippen LogP contribution in [0.15, 0.2) is 18.2 Å². The lowest BCUT2D eigenvalue weighted by Crippen LogP contribution is -2.54. The van der Waals surface area contributed by atoms with Crippen LogP contribution < -0.4 is 16.4 Å². The van der Waals surface area contributed by atoms with E-state index in [1.807, 2.05) is 0 Å². The summed E-state index contributed by atoms with van der Waals surface area (Å²) in [6.45, 7) is 0.721. The van der Waals surface area contributed by atoms with Gasteiger partial charge in [-0.05, 0) is 37.0 Å². The van der Waals surface area contributed by atoms with Gasteiger partial charge in [0, 0.05) is 24.7 Å². The molecule has 1 unspecified atom stereocenters. The highest BCUT2D eigenvalue weighted by atomic mass is 16.2. The number of amides is 4. The first kappa shape index (κ1) is 15.8. The maximum Gasteiger partial charge on any atom is 0.262 e. The van der Waals surface area contributed by atoms with Gasteiger partial charge in [-0.15, -0.1) is 0 Å². The highest BCUT2D eigenvalue weighted by molar-refractivity contribution is 6.23. The zero-order chi connectivity index (χ0) is 17.7. The molecule has 0 bridgehead atoms. The molecule has 3 aliphatic rings. The Morgan fingerprint density at radius 3 is 2.56 bits per heavy atom. The zero-order valence-corrected chi connectivity index (χ0v) is 13.5. The number of benzene rings is 1. The van der Waals surface area contributed by atoms with Crippen molar-refractivity contribution in [2.45, 2.75) is 31.3 Å². The zero-order valence-electron chi connectivity index (χ0n) is 13.5. The molecule has 0 spiro atoms. The van der Waals surface area contributed by atoms with Gasteiger partial charge in [0.2, 0.25) is 11.8 Å². The van der Waals surface area contributed by atoms with Gasteiger partial charge in [0.05, 0.1) is 11.1 Å². The molecule has 4 N–H and O–H groups in total. The number of carbonyl (C=O) groups is 4. The predicted octanol–water partition coefficient (Wildman–Crippen LogP) is -0.153. The Kier molecular flexibility index (Phi) is 3.57. The Balaban J connectivity index is 1.54. The molecule has 1 aromatic rings. The topological polar surface area (TPSA) is 122 Å². The number of hydrogen-bond donors (Lipinski definition) is 3. The molecule has 25 heavy (non-hydrogen) atoms. The third-order valence-corrected chi connectivity index (χ3v) is 4.99. The van der Waals surface area contributed by atoms with Crippen LogP contribution in [0.3, 0.4) is 0 Å². The van der Waals surface area contributed by atoms with Crippen LogP contribution in [0.2, 0.25) is 0 Å². The highest BCUT2D eigenvalue weighted by Crippen LogP contribution is 2.31. The van der Waals surface area contributed by atoms with Gasteiger partial charge >= 0.3 is 0 Å². The molecule has 1 saturated heterocycles. The van der Waals surface area contributed by atoms with Crippen molar-refractivity contribution in [2.75, 3.05) is 11.9 Å². The van der Waals surface area contributed by atoms with E-state index in [1.54, 1.807) is 18.2 Å². The molecular formula is C17H18N4O4. The summed E-state index contributed by atoms with van der Waals surface area (Å²) in [7, 11) is 0. The molecule has 2 aliphatic heterocycles. The maximum atomic E-state index is 12.7. The Bertz CT molecular complexity index is 806. The first-order chi connectivity index (χ1) is 12.0. The predicted molar refractivity (Wildman–Crippen MR) is 87.7 cm³/mol. The molecule has 0 radical (unpaired) electrons. The fraction of sp³-hybridized carbons (Fsp3) is 0.412. The van der Waals surface area contributed by atoms with Gasteiger partial charge in [0.15, 0.2) is 0 Å². The maximum absolute atomic E-state index is 12.7. The van der Waals surface area contributed by atoms with Crippen molar-refractivity contribution < 1.29 is 19.2 Å². The van der Waals surface area contributed by atoms with Crippen molar-refractivity contribution in [1.82, 2.24) is 10.2 Å². The van der Waals surface area contributed by atoms with Crippen molar-refractivity contribution in [3.63, 3.8) is 0 Å². The first-order valence-electron chi connectivity index (χ1n) is 8.31. The molecule has 0 aromatic heterocycles. The molecule has 2 fully saturated rings. The minimum atomic E-state index is -0.939. The number of fused-ring (bicyclic) bond motifs is 1. The molecule has 2 heterocycles. The van der Waals surface area contributed by atoms with Gasteiger partial charge in [0.25, 0.3) is 11.8 Å². The second kappa shape index (κ2) is 5.66. The van der Waals surface area contributed by atoms with Gasteiger partial charge in [-0.2, -0.15) is 0 Å². The van der Waals surface area contributed by atoms with E-state index in [4.69, 9.17) is 5.73 Å². The summed E-state index contributed by atoms with van der Waals surface area (Å²) in [5.74, 6) is -1.55. The lowest BCUT2D eigenvalue weighted by molar-refractivity contribution is -0.136. The van der Waals surface area contributed by atoms with Gasteiger partial charge in [-0.25, -0.2) is 0 Å². The van der Waals surface area contributed by atoms with Crippen LogP contribution in [0.1, 0.15) is 40.0 Å². The SMILES string of the molecule is N[C@@H]1C[C@H]1CNc1ccc2c(c1)C(=O)N(C1CCC(=O)NC1=O)C2=O. The minimum Gasteiger partial charge on any atom is -0.385 e. The molecule has 3 atom stereocenters. The Morgan fingerprint density at radius 1 is 1.16 bits per heavy atom. The monoisotopic (exact) mass is 342 g/mol. The van der Waals surface area contributed by atoms with Gasteiger partial charge < -0.3 is 11.1 Å². The smallest absolute Gasteiger partial charge is 0.262 e. The van der Waals surface area contributed by atoms with Crippen molar-refractivity contribution in [2.24, 2.45) is 11.7 Å². The molecule has 4 amide bonds. The summed E-state index contributed by atoms with van der Waals surface area (Å²) >= 11 is 0. The number of anilines is 1. The van der Waals surface area contributed by atoms with E-state index >= 15 is 0 Å². The first-order valence-corrected chi connectivity index (χ1v) is 8.31. The lowest BCUT2D eigenvalue weighted by Gasteiger charge is -2.27. The molecule has 130 valence electrons. The number of nitrogens with one attached hydrogen (secondary N) is 2. The Hall–Kier alpha value is -2.74. The Labute approximate surface area is 143 Å². The number of rotatable bonds is 4. The average molecular weight is 342 g/mol. The van der Waals surface area contributed by atoms with Crippen LogP contribution in [0.5, 0.6) is 0 Å². The van der Waals surface area contributed by atoms with E-state index in [0.29, 0.717) is 5.92 Å². The quantitative estimate of drug-likeness (QED) is 0.654. The molecule has 1 aromatic carbocycles. The second-order valence-corrected chi connectivity index (χ2v) is 6.75. The van der Waals surface area contributed by atoms with Gasteiger partial charge in [-0.1, -0.05) is 0 Å². The number of imide groups is 2. The van der Waals surface area contributed by atoms with Crippen molar-refractivity contribution in [3.8, 4) is 0 Å². The van der Waals surface area contributed by atoms with E-state index in [-0.39, 0.29) is 35.9 Å². The normalized spacial score (nSPS) is 28.0. The second-order valence-electron chi connectivity index (χ2n) is 6.75. The number of nitrogens with zero attached hydrogens (tertiary/aromatic N) is 1. The van der Waals surface area contributed by atoms with Crippen LogP contribution in [0, 0.1) is 5.92 Å². The summed E-state index contributed by atoms with van der Waals surface area (Å²) in [6.07, 6.45) is 1.25. The summed E-state index contributed by atoms with van der Waals surface area (Å²) < 4.78 is 0. The van der Waals surface area contributed by atoms with Crippen LogP contribution in [-0.2, 0) is 9.59 Å². The molecule has 1 aliphatic carbocycles. The lowest BCUT2D eigenvalue weighted by atomic mass is 10.0. The summed E-state index contributed by atoms with van der Waals surface area (Å²) in [6, 6.07) is 4.26. The van der Waals surface area contributed by atoms with Crippen molar-refractivity contribution in [3.05, 3.63) is 29.3 Å². The van der Waals surface area contributed by atoms with E-state index in [9.17, 15) is 19.2 Å². The van der Waals surface area contributed by atoms with Crippen LogP contribution >= 0.6 is 0 Å². The van der Waals surface area contributed by atoms with Gasteiger partial charge in [-0.3, -0.25) is 29.4 Å². The van der Waals surface area contributed by atoms with Crippen LogP contribution in [0.4, 0.5) is 5.69 Å². The van der Waals surface area contributed by atoms with E-state index in [1.165, 1.54) is 0 Å². The van der Waals surface area contributed by atoms with Crippen LogP contribution in [0.25, 0.3) is 0 Å². The average Bonchev–Trinajstić information content (AvgIpc) is 3.23. The molecule has 1 saturated carbocycles. The third kappa shape index (κ3) is 2.68. The van der Waals surface area contributed by atoms with Crippen LogP contribution in [-0.4, -0.2) is 47.2 Å². The van der Waals surface area contributed by atoms with E-state index < -0.39 is 23.8 Å². The summed E-state index contributed by atoms with van der Waals surface area (Å²) in [5.41, 5.74) is 7.08. The standard InChI is InChI=1S/C17H18N4O4/c18-12-5-8(12)7-19-9-1-2-10-11(6-9)17(25)21(16(10)24)13-3-4-14(22)20-15(13)23/h1-2,6,8,12-13,19H,3-5,7,18H2,(H,20,22,23)/t8-,12+,13?/m0/s1. The molecule has 8 nitrogen and oxygen atoms in total. The van der Waals surface area contributed by atoms with Crippen molar-refractivity contribution in [1.29, 1.82) is 0 Å². The number of hydrogen-bond acceptors (Lipinski definition) is 6. The fourth-order valence-electron chi connectivity index (χ4n) is 3.34. The number of nitrogens with two attached hydrogens (primary N) is 1. The molecule has 8 heteroatoms. The fourth-order valence-corrected chi connectivity index (χ4v) is 3.34. The van der Waals surface area contributed by atoms with Gasteiger partial charge in [0.1, 0.15) is 6.04 Å².